The molecule has 1 atom stereocenters. The molecule has 3 N–H and O–H groups in total. The largest absolute Gasteiger partial charge is 0.444 e. The summed E-state index contributed by atoms with van der Waals surface area (Å²) in [6.07, 6.45) is -0.0836. The van der Waals surface area contributed by atoms with Gasteiger partial charge in [-0.2, -0.15) is 0 Å². The minimum absolute atomic E-state index is 0.199. The van der Waals surface area contributed by atoms with Crippen molar-refractivity contribution in [2.24, 2.45) is 0 Å². The van der Waals surface area contributed by atoms with Gasteiger partial charge in [-0.25, -0.2) is 18.6 Å². The molecule has 3 amide bonds. The molecular weight excluding hydrogens is 478 g/mol. The van der Waals surface area contributed by atoms with E-state index in [1.807, 2.05) is 0 Å². The number of aliphatic hydroxyl groups is 1. The summed E-state index contributed by atoms with van der Waals surface area (Å²) in [4.78, 5) is 31.4. The summed E-state index contributed by atoms with van der Waals surface area (Å²) in [6, 6.07) is 10.6. The number of urea groups is 1. The van der Waals surface area contributed by atoms with Crippen LogP contribution in [-0.2, 0) is 4.79 Å². The number of ether oxygens (including phenoxy) is 1. The summed E-state index contributed by atoms with van der Waals surface area (Å²) < 4.78 is 32.6. The molecule has 2 aromatic carbocycles. The van der Waals surface area contributed by atoms with Crippen molar-refractivity contribution in [1.29, 1.82) is 0 Å². The zero-order valence-corrected chi connectivity index (χ0v) is 19.9. The number of anilines is 1. The van der Waals surface area contributed by atoms with Crippen LogP contribution in [0.1, 0.15) is 20.3 Å². The summed E-state index contributed by atoms with van der Waals surface area (Å²) in [7, 11) is 0. The maximum absolute atomic E-state index is 13.4. The molecule has 8 nitrogen and oxygen atoms in total. The van der Waals surface area contributed by atoms with E-state index in [0.717, 1.165) is 11.3 Å². The molecule has 1 aliphatic heterocycles. The van der Waals surface area contributed by atoms with Crippen molar-refractivity contribution in [2.75, 3.05) is 18.4 Å². The van der Waals surface area contributed by atoms with Gasteiger partial charge in [-0.05, 0) is 68.8 Å². The van der Waals surface area contributed by atoms with E-state index in [4.69, 9.17) is 4.74 Å². The summed E-state index contributed by atoms with van der Waals surface area (Å²) in [5, 5.41) is 15.5. The van der Waals surface area contributed by atoms with E-state index < -0.39 is 35.2 Å². The third kappa shape index (κ3) is 5.92. The molecule has 0 unspecified atom stereocenters. The van der Waals surface area contributed by atoms with Crippen LogP contribution >= 0.6 is 11.3 Å². The van der Waals surface area contributed by atoms with Crippen LogP contribution in [0.4, 0.5) is 18.7 Å². The van der Waals surface area contributed by atoms with E-state index in [9.17, 15) is 23.5 Å². The molecule has 1 saturated heterocycles. The fourth-order valence-corrected chi connectivity index (χ4v) is 4.27. The van der Waals surface area contributed by atoms with Gasteiger partial charge in [0, 0.05) is 18.7 Å². The number of carbonyl (C=O) groups is 2. The molecule has 0 radical (unpaired) electrons. The number of β-amino-alcohol motifs (C(OH)–C–C–N with tert-alkyl or cyclic N) is 1. The molecule has 2 heterocycles. The molecule has 0 saturated carbocycles. The van der Waals surface area contributed by atoms with E-state index in [2.05, 4.69) is 15.6 Å². The molecular formula is C24H24F2N4O4S. The normalized spacial score (nSPS) is 15.7. The van der Waals surface area contributed by atoms with Crippen LogP contribution < -0.4 is 15.4 Å². The van der Waals surface area contributed by atoms with Crippen LogP contribution in [0.2, 0.25) is 0 Å². The van der Waals surface area contributed by atoms with E-state index in [1.165, 1.54) is 53.4 Å². The molecule has 1 aliphatic rings. The van der Waals surface area contributed by atoms with Gasteiger partial charge in [0.15, 0.2) is 5.13 Å². The number of aromatic nitrogens is 1. The number of hydrogen-bond acceptors (Lipinski definition) is 6. The van der Waals surface area contributed by atoms with Crippen molar-refractivity contribution < 1.29 is 28.2 Å². The van der Waals surface area contributed by atoms with E-state index in [1.54, 1.807) is 13.8 Å². The Morgan fingerprint density at radius 3 is 2.34 bits per heavy atom. The van der Waals surface area contributed by atoms with Crippen molar-refractivity contribution in [2.45, 2.75) is 31.9 Å². The Labute approximate surface area is 204 Å². The second kappa shape index (κ2) is 9.96. The SMILES string of the molecule is CC(C)(NC(=O)N1CC[C@@H](O)C1)C(=O)Nc1nc(-c2ccc(F)cc2)c(Oc2ccc(F)cc2)s1. The summed E-state index contributed by atoms with van der Waals surface area (Å²) >= 11 is 1.04. The molecule has 1 fully saturated rings. The van der Waals surface area contributed by atoms with Crippen LogP contribution in [0.3, 0.4) is 0 Å². The zero-order chi connectivity index (χ0) is 25.2. The highest BCUT2D eigenvalue weighted by Crippen LogP contribution is 2.40. The number of hydrogen-bond donors (Lipinski definition) is 3. The quantitative estimate of drug-likeness (QED) is 0.464. The van der Waals surface area contributed by atoms with Crippen molar-refractivity contribution in [1.82, 2.24) is 15.2 Å². The number of nitrogens with one attached hydrogen (secondary N) is 2. The van der Waals surface area contributed by atoms with Gasteiger partial charge in [0.25, 0.3) is 5.91 Å². The first kappa shape index (κ1) is 24.6. The first-order valence-electron chi connectivity index (χ1n) is 10.9. The predicted octanol–water partition coefficient (Wildman–Crippen LogP) is 4.37. The Morgan fingerprint density at radius 2 is 1.74 bits per heavy atom. The maximum Gasteiger partial charge on any atom is 0.318 e. The third-order valence-corrected chi connectivity index (χ3v) is 6.24. The molecule has 11 heteroatoms. The number of aliphatic hydroxyl groups excluding tert-OH is 1. The Kier molecular flexibility index (Phi) is 6.99. The lowest BCUT2D eigenvalue weighted by atomic mass is 10.1. The molecule has 3 aromatic rings. The fourth-order valence-electron chi connectivity index (χ4n) is 3.41. The highest BCUT2D eigenvalue weighted by atomic mass is 32.1. The maximum atomic E-state index is 13.4. The lowest BCUT2D eigenvalue weighted by Crippen LogP contribution is -2.55. The Balaban J connectivity index is 1.54. The van der Waals surface area contributed by atoms with Crippen molar-refractivity contribution >= 4 is 28.4 Å². The monoisotopic (exact) mass is 502 g/mol. The molecule has 0 aliphatic carbocycles. The van der Waals surface area contributed by atoms with Gasteiger partial charge in [0.2, 0.25) is 5.06 Å². The van der Waals surface area contributed by atoms with E-state index in [0.29, 0.717) is 35.0 Å². The predicted molar refractivity (Wildman–Crippen MR) is 127 cm³/mol. The number of halogens is 2. The van der Waals surface area contributed by atoms with Crippen LogP contribution in [0.5, 0.6) is 10.8 Å². The van der Waals surface area contributed by atoms with Crippen LogP contribution in [-0.4, -0.2) is 51.7 Å². The second-order valence-electron chi connectivity index (χ2n) is 8.62. The van der Waals surface area contributed by atoms with Gasteiger partial charge in [0.05, 0.1) is 6.10 Å². The second-order valence-corrected chi connectivity index (χ2v) is 9.58. The molecule has 0 spiro atoms. The lowest BCUT2D eigenvalue weighted by Gasteiger charge is -2.27. The number of likely N-dealkylation sites (tertiary alicyclic amines) is 1. The Morgan fingerprint density at radius 1 is 1.11 bits per heavy atom. The number of thiazole rings is 1. The third-order valence-electron chi connectivity index (χ3n) is 5.40. The number of rotatable bonds is 6. The molecule has 1 aromatic heterocycles. The minimum Gasteiger partial charge on any atom is -0.444 e. The van der Waals surface area contributed by atoms with Gasteiger partial charge in [-0.3, -0.25) is 10.1 Å². The van der Waals surface area contributed by atoms with Gasteiger partial charge in [-0.1, -0.05) is 11.3 Å². The standard InChI is InChI=1S/C24H24F2N4O4S/c1-24(2,29-23(33)30-12-11-17(31)13-30)21(32)28-22-27-19(14-3-5-15(25)6-4-14)20(35-22)34-18-9-7-16(26)8-10-18/h3-10,17,31H,11-13H2,1-2H3,(H,29,33)(H,27,28,32)/t17-/m1/s1. The average Bonchev–Trinajstić information content (AvgIpc) is 3.42. The topological polar surface area (TPSA) is 104 Å². The number of benzene rings is 2. The van der Waals surface area contributed by atoms with Gasteiger partial charge in [-0.15, -0.1) is 0 Å². The van der Waals surface area contributed by atoms with Gasteiger partial charge in [0.1, 0.15) is 28.6 Å². The summed E-state index contributed by atoms with van der Waals surface area (Å²) in [5.41, 5.74) is -0.368. The van der Waals surface area contributed by atoms with E-state index in [-0.39, 0.29) is 11.7 Å². The molecule has 35 heavy (non-hydrogen) atoms. The highest BCUT2D eigenvalue weighted by molar-refractivity contribution is 7.18. The van der Waals surface area contributed by atoms with Crippen molar-refractivity contribution in [3.05, 3.63) is 60.2 Å². The van der Waals surface area contributed by atoms with Crippen LogP contribution in [0.15, 0.2) is 48.5 Å². The zero-order valence-electron chi connectivity index (χ0n) is 19.0. The van der Waals surface area contributed by atoms with Gasteiger partial charge < -0.3 is 20.1 Å². The summed E-state index contributed by atoms with van der Waals surface area (Å²) in [5.74, 6) is -0.988. The molecule has 184 valence electrons. The average molecular weight is 503 g/mol. The number of amides is 3. The molecule has 4 rings (SSSR count). The summed E-state index contributed by atoms with van der Waals surface area (Å²) in [6.45, 7) is 3.72. The Hall–Kier alpha value is -3.57. The molecule has 0 bridgehead atoms. The fraction of sp³-hybridized carbons (Fsp3) is 0.292. The van der Waals surface area contributed by atoms with Gasteiger partial charge >= 0.3 is 6.03 Å². The number of nitrogens with zero attached hydrogens (tertiary/aromatic N) is 2. The first-order valence-corrected chi connectivity index (χ1v) is 11.7. The van der Waals surface area contributed by atoms with Crippen molar-refractivity contribution in [3.8, 4) is 22.1 Å². The van der Waals surface area contributed by atoms with E-state index >= 15 is 0 Å². The smallest absolute Gasteiger partial charge is 0.318 e. The van der Waals surface area contributed by atoms with Crippen LogP contribution in [0.25, 0.3) is 11.3 Å². The lowest BCUT2D eigenvalue weighted by molar-refractivity contribution is -0.120. The highest BCUT2D eigenvalue weighted by Gasteiger charge is 2.34. The number of carbonyl (C=O) groups excluding carboxylic acids is 2. The Bertz CT molecular complexity index is 1220. The minimum atomic E-state index is -1.29. The first-order chi connectivity index (χ1) is 16.6. The van der Waals surface area contributed by atoms with Crippen molar-refractivity contribution in [3.63, 3.8) is 0 Å². The van der Waals surface area contributed by atoms with Crippen LogP contribution in [0, 0.1) is 11.6 Å².